The largest absolute Gasteiger partial charge is 0.506 e. The number of ether oxygens (including phenoxy) is 6. The van der Waals surface area contributed by atoms with Crippen LogP contribution in [0.2, 0.25) is 0 Å². The molecule has 2 heterocycles. The smallest absolute Gasteiger partial charge is 0.306 e. The molecule has 2 aromatic rings. The number of hydrogen-bond acceptors (Lipinski definition) is 16. The summed E-state index contributed by atoms with van der Waals surface area (Å²) >= 11 is 27.1. The number of phenolic OH excluding ortho intramolecular Hbond substituents is 2. The van der Waals surface area contributed by atoms with E-state index in [0.717, 1.165) is 22.3 Å². The number of carbonyl (C=O) groups is 2. The van der Waals surface area contributed by atoms with E-state index in [1.807, 2.05) is 53.7 Å². The van der Waals surface area contributed by atoms with Gasteiger partial charge in [-0.3, -0.25) is 9.59 Å². The molecular formula is C37H52O10S6. The number of rotatable bonds is 12. The number of carbonyl (C=O) groups excluding carboxylic acids is 2. The van der Waals surface area contributed by atoms with Gasteiger partial charge in [0.1, 0.15) is 32.9 Å². The number of aromatic hydroxyl groups is 2. The average Bonchev–Trinajstić information content (AvgIpc) is 3.06. The molecular weight excluding hydrogens is 797 g/mol. The summed E-state index contributed by atoms with van der Waals surface area (Å²) < 4.78 is 32.4. The molecule has 2 aliphatic heterocycles. The topological polar surface area (TPSA) is 130 Å². The lowest BCUT2D eigenvalue weighted by Crippen LogP contribution is -2.58. The van der Waals surface area contributed by atoms with Gasteiger partial charge in [0.05, 0.1) is 31.8 Å². The van der Waals surface area contributed by atoms with E-state index in [-0.39, 0.29) is 74.8 Å². The van der Waals surface area contributed by atoms with Crippen molar-refractivity contribution in [3.05, 3.63) is 46.5 Å². The zero-order valence-electron chi connectivity index (χ0n) is 30.9. The van der Waals surface area contributed by atoms with Gasteiger partial charge in [-0.2, -0.15) is 50.5 Å². The molecule has 2 aromatic carbocycles. The van der Waals surface area contributed by atoms with Gasteiger partial charge in [0.25, 0.3) is 0 Å². The van der Waals surface area contributed by atoms with Gasteiger partial charge in [0, 0.05) is 33.8 Å². The zero-order valence-corrected chi connectivity index (χ0v) is 36.2. The van der Waals surface area contributed by atoms with Crippen molar-refractivity contribution in [1.82, 2.24) is 0 Å². The number of benzene rings is 2. The number of aryl methyl sites for hydroxylation is 2. The average molecular weight is 849 g/mol. The monoisotopic (exact) mass is 848 g/mol. The van der Waals surface area contributed by atoms with E-state index in [9.17, 15) is 19.8 Å². The molecule has 0 amide bonds. The Morgan fingerprint density at radius 1 is 0.660 bits per heavy atom. The van der Waals surface area contributed by atoms with E-state index >= 15 is 0 Å². The quantitative estimate of drug-likeness (QED) is 0.0659. The molecule has 1 spiro atoms. The van der Waals surface area contributed by atoms with Gasteiger partial charge in [0.2, 0.25) is 0 Å². The third-order valence-corrected chi connectivity index (χ3v) is 11.0. The highest BCUT2D eigenvalue weighted by Crippen LogP contribution is 2.41. The molecule has 0 aliphatic carbocycles. The van der Waals surface area contributed by atoms with Crippen molar-refractivity contribution in [2.24, 2.45) is 5.41 Å². The van der Waals surface area contributed by atoms with E-state index in [0.29, 0.717) is 22.6 Å². The minimum Gasteiger partial charge on any atom is -0.506 e. The molecule has 296 valence electrons. The van der Waals surface area contributed by atoms with Crippen LogP contribution in [0.25, 0.3) is 0 Å². The molecule has 2 saturated heterocycles. The molecule has 2 N–H and O–H groups in total. The van der Waals surface area contributed by atoms with Crippen LogP contribution in [0.15, 0.2) is 34.1 Å². The molecule has 2 aliphatic rings. The Labute approximate surface area is 345 Å². The van der Waals surface area contributed by atoms with Gasteiger partial charge in [0.15, 0.2) is 12.6 Å². The van der Waals surface area contributed by atoms with Gasteiger partial charge in [-0.1, -0.05) is 53.7 Å². The standard InChI is InChI=1S/C37H52O10S6/c1-33(2,3)23-11-21(13-25(48)29(23)40)7-9-27(38)42-19-36(50,51)31-44-15-35(16-45-31)17-46-32(47-18-35)37(52,53)20-43-28(39)10-8-22-12-24(34(4,5)6)30(41)26(49)14-22/h11-14,31-32,40-41,48-53H,7-10,15-20H2,1-6H3. The predicted molar refractivity (Wildman–Crippen MR) is 222 cm³/mol. The van der Waals surface area contributed by atoms with Crippen LogP contribution >= 0.6 is 75.8 Å². The van der Waals surface area contributed by atoms with E-state index in [1.54, 1.807) is 12.1 Å². The molecule has 0 saturated carbocycles. The van der Waals surface area contributed by atoms with Crippen LogP contribution in [0.4, 0.5) is 0 Å². The van der Waals surface area contributed by atoms with Crippen LogP contribution in [-0.4, -0.2) is 82.5 Å². The van der Waals surface area contributed by atoms with Crippen molar-refractivity contribution in [3.63, 3.8) is 0 Å². The number of thiol groups is 6. The second-order valence-corrected chi connectivity index (χ2v) is 20.9. The van der Waals surface area contributed by atoms with E-state index < -0.39 is 38.1 Å². The Kier molecular flexibility index (Phi) is 14.8. The lowest BCUT2D eigenvalue weighted by Gasteiger charge is -2.47. The number of esters is 2. The second kappa shape index (κ2) is 17.6. The maximum Gasteiger partial charge on any atom is 0.306 e. The summed E-state index contributed by atoms with van der Waals surface area (Å²) in [4.78, 5) is 26.2. The minimum atomic E-state index is -1.24. The number of phenols is 2. The zero-order chi connectivity index (χ0) is 39.6. The summed E-state index contributed by atoms with van der Waals surface area (Å²) in [6.45, 7) is 12.4. The highest BCUT2D eigenvalue weighted by Gasteiger charge is 2.49. The van der Waals surface area contributed by atoms with Crippen molar-refractivity contribution in [3.8, 4) is 11.5 Å². The van der Waals surface area contributed by atoms with Gasteiger partial charge >= 0.3 is 11.9 Å². The van der Waals surface area contributed by atoms with Crippen molar-refractivity contribution >= 4 is 87.7 Å². The summed E-state index contributed by atoms with van der Waals surface area (Å²) in [5.41, 5.74) is 2.02. The summed E-state index contributed by atoms with van der Waals surface area (Å²) in [5.74, 6) is -0.607. The molecule has 16 heteroatoms. The Morgan fingerprint density at radius 3 is 1.28 bits per heavy atom. The summed E-state index contributed by atoms with van der Waals surface area (Å²) in [7, 11) is 0. The van der Waals surface area contributed by atoms with Gasteiger partial charge in [-0.25, -0.2) is 0 Å². The van der Waals surface area contributed by atoms with Crippen LogP contribution in [-0.2, 0) is 61.7 Å². The first-order valence-corrected chi connectivity index (χ1v) is 19.9. The Morgan fingerprint density at radius 2 is 0.981 bits per heavy atom. The predicted octanol–water partition coefficient (Wildman–Crippen LogP) is 6.77. The fraction of sp³-hybridized carbons (Fsp3) is 0.622. The highest BCUT2D eigenvalue weighted by atomic mass is 32.2. The van der Waals surface area contributed by atoms with Crippen LogP contribution in [0, 0.1) is 5.41 Å². The molecule has 10 nitrogen and oxygen atoms in total. The summed E-state index contributed by atoms with van der Waals surface area (Å²) in [5, 5.41) is 20.8. The fourth-order valence-corrected chi connectivity index (χ4v) is 7.25. The second-order valence-electron chi connectivity index (χ2n) is 16.0. The van der Waals surface area contributed by atoms with E-state index in [1.165, 1.54) is 0 Å². The van der Waals surface area contributed by atoms with Gasteiger partial charge in [-0.05, 0) is 46.9 Å². The Hall–Kier alpha value is -1.08. The van der Waals surface area contributed by atoms with E-state index in [4.69, 9.17) is 28.4 Å². The van der Waals surface area contributed by atoms with Crippen LogP contribution in [0.3, 0.4) is 0 Å². The van der Waals surface area contributed by atoms with Crippen LogP contribution in [0.5, 0.6) is 11.5 Å². The molecule has 53 heavy (non-hydrogen) atoms. The fourth-order valence-electron chi connectivity index (χ4n) is 5.82. The van der Waals surface area contributed by atoms with Crippen LogP contribution < -0.4 is 0 Å². The molecule has 0 atom stereocenters. The lowest BCUT2D eigenvalue weighted by atomic mass is 9.85. The third kappa shape index (κ3) is 12.0. The SMILES string of the molecule is CC(C)(C)c1cc(CCC(=O)OCC(S)(S)C2OCC3(CO2)COC(C(S)(S)COC(=O)CCc2cc(S)c(O)c(C(C)(C)C)c2)OC3)cc(S)c1O. The van der Waals surface area contributed by atoms with Crippen molar-refractivity contribution in [2.45, 2.75) is 109 Å². The van der Waals surface area contributed by atoms with Crippen molar-refractivity contribution < 1.29 is 48.2 Å². The first kappa shape index (κ1) is 44.6. The molecule has 0 bridgehead atoms. The van der Waals surface area contributed by atoms with Gasteiger partial charge in [-0.15, -0.1) is 25.3 Å². The maximum atomic E-state index is 12.6. The lowest BCUT2D eigenvalue weighted by molar-refractivity contribution is -0.306. The molecule has 0 aromatic heterocycles. The van der Waals surface area contributed by atoms with Gasteiger partial charge < -0.3 is 38.6 Å². The first-order valence-electron chi connectivity index (χ1n) is 17.2. The Bertz CT molecular complexity index is 1500. The maximum absolute atomic E-state index is 12.6. The highest BCUT2D eigenvalue weighted by molar-refractivity contribution is 8.01. The summed E-state index contributed by atoms with van der Waals surface area (Å²) in [6, 6.07) is 7.25. The Balaban J connectivity index is 1.19. The number of hydrogen-bond donors (Lipinski definition) is 8. The molecule has 4 rings (SSSR count). The van der Waals surface area contributed by atoms with Crippen molar-refractivity contribution in [2.75, 3.05) is 39.6 Å². The normalized spacial score (nSPS) is 21.4. The van der Waals surface area contributed by atoms with Crippen LogP contribution in [0.1, 0.15) is 76.6 Å². The molecule has 0 unspecified atom stereocenters. The first-order chi connectivity index (χ1) is 24.4. The summed E-state index contributed by atoms with van der Waals surface area (Å²) in [6.07, 6.45) is -0.758. The third-order valence-electron chi connectivity index (χ3n) is 8.96. The molecule has 0 radical (unpaired) electrons. The van der Waals surface area contributed by atoms with Crippen molar-refractivity contribution in [1.29, 1.82) is 0 Å². The van der Waals surface area contributed by atoms with E-state index in [2.05, 4.69) is 75.8 Å². The minimum absolute atomic E-state index is 0.108. The molecule has 2 fully saturated rings.